The number of methoxy groups -OCH3 is 1. The van der Waals surface area contributed by atoms with E-state index in [4.69, 9.17) is 4.74 Å². The highest BCUT2D eigenvalue weighted by molar-refractivity contribution is 7.89. The molecule has 0 amide bonds. The molecule has 0 radical (unpaired) electrons. The number of nitrogens with one attached hydrogen (secondary N) is 1. The second kappa shape index (κ2) is 9.18. The topological polar surface area (TPSA) is 58.6 Å². The molecule has 1 fully saturated rings. The molecule has 1 aliphatic heterocycles. The summed E-state index contributed by atoms with van der Waals surface area (Å²) in [6.07, 6.45) is 3.78. The summed E-state index contributed by atoms with van der Waals surface area (Å²) in [5.41, 5.74) is 3.73. The first-order valence-corrected chi connectivity index (χ1v) is 11.8. The zero-order valence-electron chi connectivity index (χ0n) is 17.9. The normalized spacial score (nSPS) is 15.0. The molecule has 0 spiro atoms. The van der Waals surface area contributed by atoms with E-state index in [0.29, 0.717) is 10.5 Å². The Balaban J connectivity index is 1.73. The van der Waals surface area contributed by atoms with Crippen LogP contribution in [0.2, 0.25) is 0 Å². The van der Waals surface area contributed by atoms with Gasteiger partial charge in [0.2, 0.25) is 10.0 Å². The Kier molecular flexibility index (Phi) is 6.85. The summed E-state index contributed by atoms with van der Waals surface area (Å²) in [7, 11) is -2.00. The maximum atomic E-state index is 13.0. The summed E-state index contributed by atoms with van der Waals surface area (Å²) in [6, 6.07) is 11.7. The van der Waals surface area contributed by atoms with Crippen molar-refractivity contribution in [3.8, 4) is 5.75 Å². The molecule has 0 aromatic heterocycles. The molecule has 0 unspecified atom stereocenters. The molecule has 6 heteroatoms. The van der Waals surface area contributed by atoms with Crippen LogP contribution >= 0.6 is 0 Å². The average Bonchev–Trinajstić information content (AvgIpc) is 2.72. The molecule has 0 aliphatic carbocycles. The van der Waals surface area contributed by atoms with E-state index in [-0.39, 0.29) is 12.5 Å². The Bertz CT molecular complexity index is 931. The van der Waals surface area contributed by atoms with Crippen LogP contribution in [0.25, 0.3) is 0 Å². The number of rotatable bonds is 7. The third-order valence-corrected chi connectivity index (χ3v) is 7.11. The highest BCUT2D eigenvalue weighted by Crippen LogP contribution is 2.31. The first-order valence-electron chi connectivity index (χ1n) is 10.3. The van der Waals surface area contributed by atoms with Crippen molar-refractivity contribution in [2.75, 3.05) is 25.1 Å². The van der Waals surface area contributed by atoms with Gasteiger partial charge in [-0.25, -0.2) is 13.1 Å². The largest absolute Gasteiger partial charge is 0.496 e. The number of piperidine rings is 1. The Labute approximate surface area is 175 Å². The van der Waals surface area contributed by atoms with Crippen molar-refractivity contribution in [2.45, 2.75) is 57.4 Å². The summed E-state index contributed by atoms with van der Waals surface area (Å²) < 4.78 is 34.1. The van der Waals surface area contributed by atoms with Crippen LogP contribution in [0, 0.1) is 6.92 Å². The Morgan fingerprint density at radius 3 is 2.31 bits per heavy atom. The smallest absolute Gasteiger partial charge is 0.241 e. The number of anilines is 1. The number of ether oxygens (including phenoxy) is 1. The lowest BCUT2D eigenvalue weighted by Gasteiger charge is -2.28. The van der Waals surface area contributed by atoms with Gasteiger partial charge in [-0.3, -0.25) is 0 Å². The van der Waals surface area contributed by atoms with Crippen molar-refractivity contribution < 1.29 is 13.2 Å². The van der Waals surface area contributed by atoms with Crippen molar-refractivity contribution in [3.05, 3.63) is 53.1 Å². The van der Waals surface area contributed by atoms with E-state index in [9.17, 15) is 8.42 Å². The van der Waals surface area contributed by atoms with Crippen LogP contribution in [-0.4, -0.2) is 28.6 Å². The van der Waals surface area contributed by atoms with Crippen LogP contribution in [0.3, 0.4) is 0 Å². The van der Waals surface area contributed by atoms with Gasteiger partial charge in [0.05, 0.1) is 12.0 Å². The minimum atomic E-state index is -3.62. The molecule has 2 aromatic rings. The summed E-state index contributed by atoms with van der Waals surface area (Å²) in [5, 5.41) is 0. The van der Waals surface area contributed by atoms with Gasteiger partial charge < -0.3 is 9.64 Å². The number of hydrogen-bond acceptors (Lipinski definition) is 4. The molecule has 158 valence electrons. The first-order chi connectivity index (χ1) is 13.8. The molecule has 1 heterocycles. The van der Waals surface area contributed by atoms with Gasteiger partial charge in [0, 0.05) is 25.3 Å². The van der Waals surface area contributed by atoms with E-state index in [1.165, 1.54) is 24.9 Å². The Morgan fingerprint density at radius 1 is 1.07 bits per heavy atom. The molecule has 3 rings (SSSR count). The fourth-order valence-electron chi connectivity index (χ4n) is 3.83. The highest BCUT2D eigenvalue weighted by atomic mass is 32.2. The Hall–Kier alpha value is -2.05. The van der Waals surface area contributed by atoms with Gasteiger partial charge in [-0.05, 0) is 73.1 Å². The molecular weight excluding hydrogens is 384 g/mol. The summed E-state index contributed by atoms with van der Waals surface area (Å²) in [5.74, 6) is 0.895. The zero-order valence-corrected chi connectivity index (χ0v) is 18.7. The first kappa shape index (κ1) is 21.7. The van der Waals surface area contributed by atoms with E-state index >= 15 is 0 Å². The third-order valence-electron chi connectivity index (χ3n) is 5.56. The fraction of sp³-hybridized carbons (Fsp3) is 0.478. The minimum absolute atomic E-state index is 0.168. The molecule has 1 saturated heterocycles. The second-order valence-corrected chi connectivity index (χ2v) is 9.79. The quantitative estimate of drug-likeness (QED) is 0.717. The lowest BCUT2D eigenvalue weighted by atomic mass is 10.0. The van der Waals surface area contributed by atoms with Gasteiger partial charge >= 0.3 is 0 Å². The van der Waals surface area contributed by atoms with Crippen molar-refractivity contribution in [1.29, 1.82) is 0 Å². The predicted octanol–water partition coefficient (Wildman–Crippen LogP) is 4.60. The van der Waals surface area contributed by atoms with E-state index in [1.807, 2.05) is 26.0 Å². The lowest BCUT2D eigenvalue weighted by molar-refractivity contribution is 0.406. The SMILES string of the molecule is COc1cc(C)c(S(=O)(=O)NCc2ccc(N3CCCCC3)cc2)cc1C(C)C. The summed E-state index contributed by atoms with van der Waals surface area (Å²) >= 11 is 0. The van der Waals surface area contributed by atoms with Gasteiger partial charge in [0.25, 0.3) is 0 Å². The number of aryl methyl sites for hydroxylation is 1. The molecule has 0 saturated carbocycles. The summed E-state index contributed by atoms with van der Waals surface area (Å²) in [4.78, 5) is 2.71. The molecule has 2 aromatic carbocycles. The maximum Gasteiger partial charge on any atom is 0.241 e. The fourth-order valence-corrected chi connectivity index (χ4v) is 5.10. The van der Waals surface area contributed by atoms with Crippen molar-refractivity contribution in [2.24, 2.45) is 0 Å². The standard InChI is InChI=1S/C23H32N2O3S/c1-17(2)21-15-23(18(3)14-22(21)28-4)29(26,27)24-16-19-8-10-20(11-9-19)25-12-6-5-7-13-25/h8-11,14-15,17,24H,5-7,12-13,16H2,1-4H3. The van der Waals surface area contributed by atoms with E-state index in [2.05, 4.69) is 21.8 Å². The molecule has 29 heavy (non-hydrogen) atoms. The van der Waals surface area contributed by atoms with Crippen LogP contribution < -0.4 is 14.4 Å². The van der Waals surface area contributed by atoms with Crippen LogP contribution in [0.4, 0.5) is 5.69 Å². The van der Waals surface area contributed by atoms with Crippen LogP contribution in [0.5, 0.6) is 5.75 Å². The minimum Gasteiger partial charge on any atom is -0.496 e. The molecule has 5 nitrogen and oxygen atoms in total. The van der Waals surface area contributed by atoms with Crippen molar-refractivity contribution in [3.63, 3.8) is 0 Å². The molecule has 0 bridgehead atoms. The lowest BCUT2D eigenvalue weighted by Crippen LogP contribution is -2.29. The van der Waals surface area contributed by atoms with Gasteiger partial charge in [-0.15, -0.1) is 0 Å². The van der Waals surface area contributed by atoms with Gasteiger partial charge in [-0.2, -0.15) is 0 Å². The van der Waals surface area contributed by atoms with Crippen molar-refractivity contribution >= 4 is 15.7 Å². The van der Waals surface area contributed by atoms with Crippen molar-refractivity contribution in [1.82, 2.24) is 4.72 Å². The number of benzene rings is 2. The number of hydrogen-bond donors (Lipinski definition) is 1. The number of nitrogens with zero attached hydrogens (tertiary/aromatic N) is 1. The highest BCUT2D eigenvalue weighted by Gasteiger charge is 2.21. The summed E-state index contributed by atoms with van der Waals surface area (Å²) in [6.45, 7) is 8.32. The van der Waals surface area contributed by atoms with Crippen LogP contribution in [0.15, 0.2) is 41.3 Å². The third kappa shape index (κ3) is 5.11. The van der Waals surface area contributed by atoms with E-state index in [0.717, 1.165) is 30.0 Å². The van der Waals surface area contributed by atoms with Crippen LogP contribution in [-0.2, 0) is 16.6 Å². The number of sulfonamides is 1. The monoisotopic (exact) mass is 416 g/mol. The Morgan fingerprint density at radius 2 is 1.72 bits per heavy atom. The molecule has 1 aliphatic rings. The zero-order chi connectivity index (χ0) is 21.0. The second-order valence-electron chi connectivity index (χ2n) is 8.05. The maximum absolute atomic E-state index is 13.0. The van der Waals surface area contributed by atoms with Gasteiger partial charge in [0.15, 0.2) is 0 Å². The van der Waals surface area contributed by atoms with Gasteiger partial charge in [-0.1, -0.05) is 26.0 Å². The average molecular weight is 417 g/mol. The van der Waals surface area contributed by atoms with E-state index in [1.54, 1.807) is 26.2 Å². The van der Waals surface area contributed by atoms with E-state index < -0.39 is 10.0 Å². The molecule has 0 atom stereocenters. The van der Waals surface area contributed by atoms with Gasteiger partial charge in [0.1, 0.15) is 5.75 Å². The van der Waals surface area contributed by atoms with Crippen LogP contribution in [0.1, 0.15) is 55.7 Å². The molecule has 1 N–H and O–H groups in total. The predicted molar refractivity (Wildman–Crippen MR) is 118 cm³/mol. The molecular formula is C23H32N2O3S.